The van der Waals surface area contributed by atoms with Crippen LogP contribution in [0.3, 0.4) is 0 Å². The maximum atomic E-state index is 10.5. The third kappa shape index (κ3) is 1.42. The van der Waals surface area contributed by atoms with Crippen molar-refractivity contribution in [2.45, 2.75) is 13.8 Å². The lowest BCUT2D eigenvalue weighted by Gasteiger charge is -2.02. The van der Waals surface area contributed by atoms with Crippen molar-refractivity contribution in [3.63, 3.8) is 0 Å². The van der Waals surface area contributed by atoms with E-state index in [9.17, 15) is 9.59 Å². The number of carbonyl (C=O) groups is 2. The van der Waals surface area contributed by atoms with Gasteiger partial charge in [-0.3, -0.25) is 9.59 Å². The van der Waals surface area contributed by atoms with Gasteiger partial charge in [0.15, 0.2) is 0 Å². The van der Waals surface area contributed by atoms with Crippen molar-refractivity contribution in [3.8, 4) is 0 Å². The van der Waals surface area contributed by atoms with Crippen LogP contribution < -0.4 is 0 Å². The van der Waals surface area contributed by atoms with Crippen LogP contribution in [0, 0.1) is 13.8 Å². The monoisotopic (exact) mass is 162 g/mol. The Labute approximate surface area is 71.2 Å². The molecule has 0 fully saturated rings. The molecule has 0 spiro atoms. The number of aldehydes is 2. The summed E-state index contributed by atoms with van der Waals surface area (Å²) in [7, 11) is 0. The average Bonchev–Trinajstić information content (AvgIpc) is 2.08. The van der Waals surface area contributed by atoms with Gasteiger partial charge in [-0.05, 0) is 37.1 Å². The average molecular weight is 162 g/mol. The molecule has 0 N–H and O–H groups in total. The fourth-order valence-electron chi connectivity index (χ4n) is 1.11. The molecule has 0 amide bonds. The number of hydrogen-bond donors (Lipinski definition) is 0. The highest BCUT2D eigenvalue weighted by molar-refractivity contribution is 5.83. The lowest BCUT2D eigenvalue weighted by atomic mass is 10.0. The predicted molar refractivity (Wildman–Crippen MR) is 46.7 cm³/mol. The van der Waals surface area contributed by atoms with Gasteiger partial charge >= 0.3 is 0 Å². The molecular weight excluding hydrogens is 152 g/mol. The van der Waals surface area contributed by atoms with Crippen LogP contribution >= 0.6 is 0 Å². The fourth-order valence-corrected chi connectivity index (χ4v) is 1.11. The molecule has 0 aliphatic heterocycles. The number of hydrogen-bond acceptors (Lipinski definition) is 2. The minimum Gasteiger partial charge on any atom is -0.298 e. The molecule has 0 radical (unpaired) electrons. The molecule has 0 aliphatic rings. The zero-order chi connectivity index (χ0) is 9.14. The van der Waals surface area contributed by atoms with E-state index in [1.807, 2.05) is 13.8 Å². The van der Waals surface area contributed by atoms with Crippen molar-refractivity contribution in [2.75, 3.05) is 0 Å². The van der Waals surface area contributed by atoms with Crippen molar-refractivity contribution in [1.82, 2.24) is 0 Å². The third-order valence-corrected chi connectivity index (χ3v) is 1.91. The molecule has 1 aromatic rings. The summed E-state index contributed by atoms with van der Waals surface area (Å²) >= 11 is 0. The molecule has 0 aromatic heterocycles. The van der Waals surface area contributed by atoms with Gasteiger partial charge in [-0.1, -0.05) is 0 Å². The minimum absolute atomic E-state index is 0.651. The number of rotatable bonds is 2. The molecule has 0 heterocycles. The first kappa shape index (κ1) is 8.65. The summed E-state index contributed by atoms with van der Waals surface area (Å²) in [5.74, 6) is 0. The molecule has 62 valence electrons. The second kappa shape index (κ2) is 3.30. The fraction of sp³-hybridized carbons (Fsp3) is 0.200. The Kier molecular flexibility index (Phi) is 2.38. The van der Waals surface area contributed by atoms with Crippen molar-refractivity contribution in [2.24, 2.45) is 0 Å². The second-order valence-corrected chi connectivity index (χ2v) is 2.80. The highest BCUT2D eigenvalue weighted by atomic mass is 16.1. The Hall–Kier alpha value is -1.44. The van der Waals surface area contributed by atoms with Gasteiger partial charge in [0.05, 0.1) is 0 Å². The van der Waals surface area contributed by atoms with E-state index in [1.165, 1.54) is 0 Å². The zero-order valence-electron chi connectivity index (χ0n) is 7.13. The van der Waals surface area contributed by atoms with Crippen molar-refractivity contribution in [3.05, 3.63) is 34.4 Å². The molecular formula is C10H10O2. The van der Waals surface area contributed by atoms with E-state index in [1.54, 1.807) is 12.1 Å². The predicted octanol–water partition coefficient (Wildman–Crippen LogP) is 1.93. The SMILES string of the molecule is Cc1cc(C=O)c(C)cc1C=O. The zero-order valence-corrected chi connectivity index (χ0v) is 7.13. The van der Waals surface area contributed by atoms with Gasteiger partial charge in [-0.2, -0.15) is 0 Å². The molecule has 0 aliphatic carbocycles. The molecule has 1 rings (SSSR count). The Morgan fingerprint density at radius 3 is 1.50 bits per heavy atom. The summed E-state index contributed by atoms with van der Waals surface area (Å²) in [6, 6.07) is 3.46. The smallest absolute Gasteiger partial charge is 0.150 e. The van der Waals surface area contributed by atoms with E-state index < -0.39 is 0 Å². The van der Waals surface area contributed by atoms with E-state index >= 15 is 0 Å². The molecule has 12 heavy (non-hydrogen) atoms. The van der Waals surface area contributed by atoms with Crippen LogP contribution in [0.4, 0.5) is 0 Å². The standard InChI is InChI=1S/C10H10O2/c1-7-3-10(6-12)8(2)4-9(7)5-11/h3-6H,1-2H3. The summed E-state index contributed by atoms with van der Waals surface area (Å²) in [5.41, 5.74) is 2.99. The Morgan fingerprint density at radius 2 is 1.25 bits per heavy atom. The summed E-state index contributed by atoms with van der Waals surface area (Å²) in [4.78, 5) is 21.0. The Bertz CT molecular complexity index is 293. The first-order valence-corrected chi connectivity index (χ1v) is 3.70. The van der Waals surface area contributed by atoms with Gasteiger partial charge in [0.1, 0.15) is 12.6 Å². The molecule has 2 heteroatoms. The second-order valence-electron chi connectivity index (χ2n) is 2.80. The van der Waals surface area contributed by atoms with Crippen molar-refractivity contribution in [1.29, 1.82) is 0 Å². The van der Waals surface area contributed by atoms with Crippen LogP contribution in [0.25, 0.3) is 0 Å². The van der Waals surface area contributed by atoms with Gasteiger partial charge in [-0.25, -0.2) is 0 Å². The Balaban J connectivity index is 3.34. The van der Waals surface area contributed by atoms with Crippen LogP contribution in [0.15, 0.2) is 12.1 Å². The summed E-state index contributed by atoms with van der Waals surface area (Å²) in [6.07, 6.45) is 1.60. The topological polar surface area (TPSA) is 34.1 Å². The largest absolute Gasteiger partial charge is 0.298 e. The minimum atomic E-state index is 0.651. The molecule has 0 saturated heterocycles. The maximum Gasteiger partial charge on any atom is 0.150 e. The van der Waals surface area contributed by atoms with Crippen molar-refractivity contribution < 1.29 is 9.59 Å². The highest BCUT2D eigenvalue weighted by Gasteiger charge is 2.01. The maximum absolute atomic E-state index is 10.5. The summed E-state index contributed by atoms with van der Waals surface area (Å²) in [5, 5.41) is 0. The number of aryl methyl sites for hydroxylation is 2. The van der Waals surface area contributed by atoms with Crippen LogP contribution in [-0.2, 0) is 0 Å². The normalized spacial score (nSPS) is 9.50. The molecule has 0 atom stereocenters. The van der Waals surface area contributed by atoms with Crippen LogP contribution in [0.1, 0.15) is 31.8 Å². The number of carbonyl (C=O) groups excluding carboxylic acids is 2. The van der Waals surface area contributed by atoms with Crippen molar-refractivity contribution >= 4 is 12.6 Å². The molecule has 1 aromatic carbocycles. The molecule has 0 saturated carbocycles. The van der Waals surface area contributed by atoms with Gasteiger partial charge in [0.2, 0.25) is 0 Å². The lowest BCUT2D eigenvalue weighted by molar-refractivity contribution is 0.111. The first-order chi connectivity index (χ1) is 5.69. The molecule has 2 nitrogen and oxygen atoms in total. The molecule has 0 bridgehead atoms. The van der Waals surface area contributed by atoms with Gasteiger partial charge in [-0.15, -0.1) is 0 Å². The number of benzene rings is 1. The third-order valence-electron chi connectivity index (χ3n) is 1.91. The van der Waals surface area contributed by atoms with Gasteiger partial charge in [0.25, 0.3) is 0 Å². The van der Waals surface area contributed by atoms with E-state index in [4.69, 9.17) is 0 Å². The van der Waals surface area contributed by atoms with Crippen LogP contribution in [0.2, 0.25) is 0 Å². The van der Waals surface area contributed by atoms with E-state index in [2.05, 4.69) is 0 Å². The Morgan fingerprint density at radius 1 is 0.917 bits per heavy atom. The summed E-state index contributed by atoms with van der Waals surface area (Å²) in [6.45, 7) is 3.63. The van der Waals surface area contributed by atoms with E-state index in [-0.39, 0.29) is 0 Å². The van der Waals surface area contributed by atoms with Gasteiger partial charge < -0.3 is 0 Å². The molecule has 0 unspecified atom stereocenters. The van der Waals surface area contributed by atoms with E-state index in [0.29, 0.717) is 11.1 Å². The first-order valence-electron chi connectivity index (χ1n) is 3.70. The quantitative estimate of drug-likeness (QED) is 0.622. The van der Waals surface area contributed by atoms with Crippen LogP contribution in [-0.4, -0.2) is 12.6 Å². The highest BCUT2D eigenvalue weighted by Crippen LogP contribution is 2.12. The van der Waals surface area contributed by atoms with E-state index in [0.717, 1.165) is 23.7 Å². The summed E-state index contributed by atoms with van der Waals surface area (Å²) < 4.78 is 0. The van der Waals surface area contributed by atoms with Gasteiger partial charge in [0, 0.05) is 11.1 Å². The lowest BCUT2D eigenvalue weighted by Crippen LogP contribution is -1.93. The van der Waals surface area contributed by atoms with Crippen LogP contribution in [0.5, 0.6) is 0 Å².